The first kappa shape index (κ1) is 15.6. The highest BCUT2D eigenvalue weighted by Crippen LogP contribution is 2.42. The van der Waals surface area contributed by atoms with Crippen LogP contribution < -0.4 is 15.8 Å². The first-order chi connectivity index (χ1) is 8.95. The molecule has 3 N–H and O–H groups in total. The molecule has 0 saturated heterocycles. The van der Waals surface area contributed by atoms with Crippen molar-refractivity contribution in [2.45, 2.75) is 26.4 Å². The molecule has 0 aliphatic rings. The van der Waals surface area contributed by atoms with Gasteiger partial charge in [0.15, 0.2) is 5.75 Å². The second-order valence-electron chi connectivity index (χ2n) is 4.87. The van der Waals surface area contributed by atoms with Gasteiger partial charge in [-0.3, -0.25) is 0 Å². The standard InChI is InChI=1S/C13H22N4OS/c1-9(2)18-12-11(15)10(8-14)19-13(12)16-6-5-7-17(3)4/h9,16H,5-7,15H2,1-4H3. The van der Waals surface area contributed by atoms with Crippen molar-refractivity contribution in [3.63, 3.8) is 0 Å². The van der Waals surface area contributed by atoms with Crippen molar-refractivity contribution in [3.05, 3.63) is 4.88 Å². The van der Waals surface area contributed by atoms with Crippen molar-refractivity contribution in [1.82, 2.24) is 4.90 Å². The lowest BCUT2D eigenvalue weighted by atomic mass is 10.3. The third-order valence-electron chi connectivity index (χ3n) is 2.42. The summed E-state index contributed by atoms with van der Waals surface area (Å²) in [7, 11) is 4.09. The van der Waals surface area contributed by atoms with Gasteiger partial charge in [0.25, 0.3) is 0 Å². The Morgan fingerprint density at radius 1 is 1.47 bits per heavy atom. The fraction of sp³-hybridized carbons (Fsp3) is 0.615. The Bertz CT molecular complexity index is 448. The smallest absolute Gasteiger partial charge is 0.178 e. The molecule has 1 aromatic rings. The van der Waals surface area contributed by atoms with Gasteiger partial charge < -0.3 is 20.7 Å². The van der Waals surface area contributed by atoms with E-state index in [9.17, 15) is 0 Å². The highest BCUT2D eigenvalue weighted by atomic mass is 32.1. The minimum absolute atomic E-state index is 0.0331. The van der Waals surface area contributed by atoms with Gasteiger partial charge in [0.1, 0.15) is 21.6 Å². The molecule has 6 heteroatoms. The summed E-state index contributed by atoms with van der Waals surface area (Å²) < 4.78 is 5.70. The van der Waals surface area contributed by atoms with E-state index in [1.165, 1.54) is 11.3 Å². The molecule has 0 aliphatic heterocycles. The number of thiophene rings is 1. The van der Waals surface area contributed by atoms with Gasteiger partial charge in [0.05, 0.1) is 6.10 Å². The van der Waals surface area contributed by atoms with Gasteiger partial charge in [-0.1, -0.05) is 0 Å². The van der Waals surface area contributed by atoms with Crippen LogP contribution in [-0.4, -0.2) is 38.2 Å². The van der Waals surface area contributed by atoms with Gasteiger partial charge in [-0.15, -0.1) is 11.3 Å². The zero-order valence-electron chi connectivity index (χ0n) is 12.0. The fourth-order valence-corrected chi connectivity index (χ4v) is 2.46. The summed E-state index contributed by atoms with van der Waals surface area (Å²) in [6.45, 7) is 5.73. The molecule has 5 nitrogen and oxygen atoms in total. The lowest BCUT2D eigenvalue weighted by Crippen LogP contribution is -2.16. The molecule has 1 rings (SSSR count). The molecule has 106 valence electrons. The van der Waals surface area contributed by atoms with Gasteiger partial charge in [0.2, 0.25) is 0 Å². The van der Waals surface area contributed by atoms with E-state index in [0.717, 1.165) is 24.5 Å². The van der Waals surface area contributed by atoms with Crippen molar-refractivity contribution >= 4 is 22.0 Å². The average Bonchev–Trinajstić information content (AvgIpc) is 2.62. The van der Waals surface area contributed by atoms with Crippen LogP contribution in [0.3, 0.4) is 0 Å². The molecule has 1 aromatic heterocycles. The summed E-state index contributed by atoms with van der Waals surface area (Å²) in [5, 5.41) is 13.2. The Balaban J connectivity index is 2.73. The molecule has 0 radical (unpaired) electrons. The summed E-state index contributed by atoms with van der Waals surface area (Å²) in [5.41, 5.74) is 6.37. The van der Waals surface area contributed by atoms with Gasteiger partial charge in [-0.2, -0.15) is 5.26 Å². The van der Waals surface area contributed by atoms with Crippen LogP contribution in [0.25, 0.3) is 0 Å². The minimum atomic E-state index is 0.0331. The normalized spacial score (nSPS) is 10.8. The Kier molecular flexibility index (Phi) is 5.93. The number of nitrogens with two attached hydrogens (primary N) is 1. The number of nitrogens with zero attached hydrogens (tertiary/aromatic N) is 2. The summed E-state index contributed by atoms with van der Waals surface area (Å²) in [6.07, 6.45) is 1.05. The van der Waals surface area contributed by atoms with Crippen LogP contribution in [0, 0.1) is 11.3 Å². The first-order valence-corrected chi connectivity index (χ1v) is 7.15. The predicted octanol–water partition coefficient (Wildman–Crippen LogP) is 2.35. The van der Waals surface area contributed by atoms with Crippen LogP contribution in [0.5, 0.6) is 5.75 Å². The molecule has 1 heterocycles. The zero-order chi connectivity index (χ0) is 14.4. The van der Waals surface area contributed by atoms with E-state index >= 15 is 0 Å². The van der Waals surface area contributed by atoms with Gasteiger partial charge in [-0.25, -0.2) is 0 Å². The van der Waals surface area contributed by atoms with Crippen LogP contribution in [0.1, 0.15) is 25.1 Å². The first-order valence-electron chi connectivity index (χ1n) is 6.33. The maximum Gasteiger partial charge on any atom is 0.178 e. The lowest BCUT2D eigenvalue weighted by molar-refractivity contribution is 0.246. The van der Waals surface area contributed by atoms with E-state index in [4.69, 9.17) is 15.7 Å². The molecule has 0 atom stereocenters. The van der Waals surface area contributed by atoms with E-state index in [1.54, 1.807) is 0 Å². The van der Waals surface area contributed by atoms with Gasteiger partial charge in [-0.05, 0) is 40.9 Å². The quantitative estimate of drug-likeness (QED) is 0.751. The highest BCUT2D eigenvalue weighted by Gasteiger charge is 2.18. The molecule has 0 fully saturated rings. The summed E-state index contributed by atoms with van der Waals surface area (Å²) in [6, 6.07) is 2.10. The van der Waals surface area contributed by atoms with Crippen molar-refractivity contribution in [1.29, 1.82) is 5.26 Å². The monoisotopic (exact) mass is 282 g/mol. The lowest BCUT2D eigenvalue weighted by Gasteiger charge is -2.13. The Morgan fingerprint density at radius 2 is 2.16 bits per heavy atom. The number of nitrogen functional groups attached to an aromatic ring is 1. The second-order valence-corrected chi connectivity index (χ2v) is 5.89. The molecule has 0 unspecified atom stereocenters. The second kappa shape index (κ2) is 7.22. The Morgan fingerprint density at radius 3 is 2.68 bits per heavy atom. The summed E-state index contributed by atoms with van der Waals surface area (Å²) in [5.74, 6) is 0.612. The number of nitriles is 1. The van der Waals surface area contributed by atoms with Gasteiger partial charge >= 0.3 is 0 Å². The van der Waals surface area contributed by atoms with Crippen molar-refractivity contribution in [2.75, 3.05) is 38.2 Å². The number of hydrogen-bond donors (Lipinski definition) is 2. The largest absolute Gasteiger partial charge is 0.486 e. The Labute approximate surface area is 119 Å². The predicted molar refractivity (Wildman–Crippen MR) is 80.9 cm³/mol. The van der Waals surface area contributed by atoms with E-state index in [2.05, 4.69) is 16.3 Å². The Hall–Kier alpha value is -1.45. The molecule has 0 aliphatic carbocycles. The molecule has 19 heavy (non-hydrogen) atoms. The van der Waals surface area contributed by atoms with E-state index < -0.39 is 0 Å². The summed E-state index contributed by atoms with van der Waals surface area (Å²) in [4.78, 5) is 2.64. The molecule has 0 saturated carbocycles. The third-order valence-corrected chi connectivity index (χ3v) is 3.47. The highest BCUT2D eigenvalue weighted by molar-refractivity contribution is 7.17. The maximum atomic E-state index is 9.03. The van der Waals surface area contributed by atoms with E-state index in [-0.39, 0.29) is 6.10 Å². The molecule has 0 bridgehead atoms. The number of rotatable bonds is 7. The average molecular weight is 282 g/mol. The van der Waals surface area contributed by atoms with E-state index in [1.807, 2.05) is 27.9 Å². The van der Waals surface area contributed by atoms with Crippen LogP contribution in [0.4, 0.5) is 10.7 Å². The number of hydrogen-bond acceptors (Lipinski definition) is 6. The topological polar surface area (TPSA) is 74.3 Å². The SMILES string of the molecule is CC(C)Oc1c(NCCCN(C)C)sc(C#N)c1N. The van der Waals surface area contributed by atoms with Crippen LogP contribution in [0.2, 0.25) is 0 Å². The minimum Gasteiger partial charge on any atom is -0.486 e. The van der Waals surface area contributed by atoms with Crippen molar-refractivity contribution in [2.24, 2.45) is 0 Å². The number of anilines is 2. The van der Waals surface area contributed by atoms with Crippen molar-refractivity contribution in [3.8, 4) is 11.8 Å². The molecule has 0 amide bonds. The zero-order valence-corrected chi connectivity index (χ0v) is 12.8. The molecular formula is C13H22N4OS. The van der Waals surface area contributed by atoms with Crippen LogP contribution in [-0.2, 0) is 0 Å². The number of ether oxygens (including phenoxy) is 1. The van der Waals surface area contributed by atoms with Crippen LogP contribution >= 0.6 is 11.3 Å². The third kappa shape index (κ3) is 4.62. The number of nitrogens with one attached hydrogen (secondary N) is 1. The van der Waals surface area contributed by atoms with Crippen LogP contribution in [0.15, 0.2) is 0 Å². The molecule has 0 spiro atoms. The maximum absolute atomic E-state index is 9.03. The van der Waals surface area contributed by atoms with E-state index in [0.29, 0.717) is 16.3 Å². The van der Waals surface area contributed by atoms with Crippen molar-refractivity contribution < 1.29 is 4.74 Å². The molecule has 0 aromatic carbocycles. The fourth-order valence-electron chi connectivity index (χ4n) is 1.58. The summed E-state index contributed by atoms with van der Waals surface area (Å²) >= 11 is 1.35. The van der Waals surface area contributed by atoms with Gasteiger partial charge in [0, 0.05) is 6.54 Å². The molecular weight excluding hydrogens is 260 g/mol.